The van der Waals surface area contributed by atoms with Gasteiger partial charge in [0.05, 0.1) is 0 Å². The summed E-state index contributed by atoms with van der Waals surface area (Å²) in [4.78, 5) is 0. The summed E-state index contributed by atoms with van der Waals surface area (Å²) in [5.74, 6) is 0. The first-order valence-corrected chi connectivity index (χ1v) is 7.60. The van der Waals surface area contributed by atoms with Crippen LogP contribution in [0.1, 0.15) is 18.1 Å². The first-order valence-electron chi connectivity index (χ1n) is 7.60. The van der Waals surface area contributed by atoms with Gasteiger partial charge in [-0.25, -0.2) is 0 Å². The largest absolute Gasteiger partial charge is 0.347 e. The minimum Gasteiger partial charge on any atom is -0.347 e. The number of nitrogens with zero attached hydrogens (tertiary/aromatic N) is 1. The van der Waals surface area contributed by atoms with Gasteiger partial charge in [-0.15, -0.1) is 0 Å². The summed E-state index contributed by atoms with van der Waals surface area (Å²) in [5, 5.41) is 1.34. The monoisotopic (exact) mass is 278 g/mol. The first kappa shape index (κ1) is 13.9. The molecule has 0 radical (unpaired) electrons. The molecule has 108 valence electrons. The number of aromatic nitrogens is 1. The molecular weight excluding hydrogens is 256 g/mol. The van der Waals surface area contributed by atoms with E-state index < -0.39 is 0 Å². The van der Waals surface area contributed by atoms with Crippen LogP contribution in [-0.4, -0.2) is 10.6 Å². The maximum Gasteiger partial charge on any atom is 0.0483 e. The van der Waals surface area contributed by atoms with Crippen molar-refractivity contribution in [2.45, 2.75) is 32.4 Å². The van der Waals surface area contributed by atoms with Crippen LogP contribution >= 0.6 is 0 Å². The van der Waals surface area contributed by atoms with Gasteiger partial charge in [-0.3, -0.25) is 0 Å². The lowest BCUT2D eigenvalue weighted by Crippen LogP contribution is -2.17. The molecule has 0 aliphatic heterocycles. The van der Waals surface area contributed by atoms with Crippen LogP contribution in [0.5, 0.6) is 0 Å². The van der Waals surface area contributed by atoms with E-state index in [4.69, 9.17) is 5.73 Å². The van der Waals surface area contributed by atoms with Gasteiger partial charge < -0.3 is 10.3 Å². The second-order valence-electron chi connectivity index (χ2n) is 5.78. The molecule has 0 fully saturated rings. The Balaban J connectivity index is 1.88. The van der Waals surface area contributed by atoms with Crippen LogP contribution in [0.15, 0.2) is 60.8 Å². The molecule has 3 aromatic rings. The minimum atomic E-state index is 0.193. The van der Waals surface area contributed by atoms with Gasteiger partial charge in [0.15, 0.2) is 0 Å². The number of aryl methyl sites for hydroxylation is 2. The fourth-order valence-electron chi connectivity index (χ4n) is 2.91. The molecule has 0 amide bonds. The standard InChI is InChI=1S/C19H22N2/c1-15(20)13-17-14-21(19-10-6-5-9-18(17)19)12-11-16-7-3-2-4-8-16/h2-10,14-15H,11-13,20H2,1H3. The van der Waals surface area contributed by atoms with Crippen molar-refractivity contribution in [2.75, 3.05) is 0 Å². The summed E-state index contributed by atoms with van der Waals surface area (Å²) < 4.78 is 2.36. The number of fused-ring (bicyclic) bond motifs is 1. The molecule has 0 saturated carbocycles. The molecule has 1 aromatic heterocycles. The van der Waals surface area contributed by atoms with Crippen LogP contribution in [0.2, 0.25) is 0 Å². The van der Waals surface area contributed by atoms with Gasteiger partial charge in [0.25, 0.3) is 0 Å². The van der Waals surface area contributed by atoms with Crippen molar-refractivity contribution in [1.29, 1.82) is 0 Å². The van der Waals surface area contributed by atoms with Crippen molar-refractivity contribution in [3.8, 4) is 0 Å². The van der Waals surface area contributed by atoms with E-state index in [9.17, 15) is 0 Å². The van der Waals surface area contributed by atoms with Gasteiger partial charge in [0.1, 0.15) is 0 Å². The highest BCUT2D eigenvalue weighted by molar-refractivity contribution is 5.84. The van der Waals surface area contributed by atoms with Crippen molar-refractivity contribution >= 4 is 10.9 Å². The fourth-order valence-corrected chi connectivity index (χ4v) is 2.91. The topological polar surface area (TPSA) is 30.9 Å². The second kappa shape index (κ2) is 6.15. The smallest absolute Gasteiger partial charge is 0.0483 e. The Labute approximate surface area is 126 Å². The third kappa shape index (κ3) is 3.17. The molecule has 0 bridgehead atoms. The van der Waals surface area contributed by atoms with Crippen LogP contribution in [0.4, 0.5) is 0 Å². The summed E-state index contributed by atoms with van der Waals surface area (Å²) in [6.45, 7) is 3.07. The number of rotatable bonds is 5. The van der Waals surface area contributed by atoms with Gasteiger partial charge in [0, 0.05) is 29.7 Å². The Kier molecular flexibility index (Phi) is 4.07. The van der Waals surface area contributed by atoms with E-state index in [0.29, 0.717) is 0 Å². The maximum atomic E-state index is 5.98. The van der Waals surface area contributed by atoms with Crippen molar-refractivity contribution in [3.05, 3.63) is 71.9 Å². The molecule has 2 nitrogen and oxygen atoms in total. The molecule has 0 saturated heterocycles. The Morgan fingerprint density at radius 3 is 2.48 bits per heavy atom. The molecule has 3 rings (SSSR count). The van der Waals surface area contributed by atoms with Crippen LogP contribution in [0.25, 0.3) is 10.9 Å². The second-order valence-corrected chi connectivity index (χ2v) is 5.78. The van der Waals surface area contributed by atoms with Gasteiger partial charge in [-0.05, 0) is 37.0 Å². The molecule has 0 spiro atoms. The molecule has 2 aromatic carbocycles. The van der Waals surface area contributed by atoms with E-state index in [0.717, 1.165) is 19.4 Å². The van der Waals surface area contributed by atoms with Gasteiger partial charge in [-0.2, -0.15) is 0 Å². The van der Waals surface area contributed by atoms with E-state index >= 15 is 0 Å². The Morgan fingerprint density at radius 1 is 1.00 bits per heavy atom. The zero-order valence-corrected chi connectivity index (χ0v) is 12.5. The van der Waals surface area contributed by atoms with E-state index in [1.165, 1.54) is 22.0 Å². The Hall–Kier alpha value is -2.06. The van der Waals surface area contributed by atoms with E-state index in [1.54, 1.807) is 0 Å². The molecule has 2 N–H and O–H groups in total. The van der Waals surface area contributed by atoms with Gasteiger partial charge in [-0.1, -0.05) is 48.5 Å². The zero-order valence-electron chi connectivity index (χ0n) is 12.5. The highest BCUT2D eigenvalue weighted by atomic mass is 15.0. The third-order valence-electron chi connectivity index (χ3n) is 3.90. The summed E-state index contributed by atoms with van der Waals surface area (Å²) >= 11 is 0. The highest BCUT2D eigenvalue weighted by Gasteiger charge is 2.09. The molecule has 2 heteroatoms. The van der Waals surface area contributed by atoms with Crippen molar-refractivity contribution < 1.29 is 0 Å². The van der Waals surface area contributed by atoms with Gasteiger partial charge in [0.2, 0.25) is 0 Å². The summed E-state index contributed by atoms with van der Waals surface area (Å²) in [6.07, 6.45) is 4.26. The van der Waals surface area contributed by atoms with E-state index in [1.807, 2.05) is 0 Å². The average Bonchev–Trinajstić information content (AvgIpc) is 2.84. The van der Waals surface area contributed by atoms with E-state index in [-0.39, 0.29) is 6.04 Å². The number of nitrogens with two attached hydrogens (primary N) is 1. The number of para-hydroxylation sites is 1. The molecule has 1 atom stereocenters. The number of hydrogen-bond donors (Lipinski definition) is 1. The maximum absolute atomic E-state index is 5.98. The lowest BCUT2D eigenvalue weighted by molar-refractivity contribution is 0.706. The SMILES string of the molecule is CC(N)Cc1cn(CCc2ccccc2)c2ccccc12. The first-order chi connectivity index (χ1) is 10.2. The number of hydrogen-bond acceptors (Lipinski definition) is 1. The summed E-state index contributed by atoms with van der Waals surface area (Å²) in [5.41, 5.74) is 10.0. The Morgan fingerprint density at radius 2 is 1.71 bits per heavy atom. The number of benzene rings is 2. The van der Waals surface area contributed by atoms with Crippen LogP contribution in [0, 0.1) is 0 Å². The van der Waals surface area contributed by atoms with Crippen LogP contribution in [0.3, 0.4) is 0 Å². The predicted octanol–water partition coefficient (Wildman–Crippen LogP) is 3.77. The van der Waals surface area contributed by atoms with E-state index in [2.05, 4.69) is 72.3 Å². The molecular formula is C19H22N2. The van der Waals surface area contributed by atoms with Crippen molar-refractivity contribution in [2.24, 2.45) is 5.73 Å². The lowest BCUT2D eigenvalue weighted by atomic mass is 10.1. The fraction of sp³-hybridized carbons (Fsp3) is 0.263. The average molecular weight is 278 g/mol. The quantitative estimate of drug-likeness (QED) is 0.756. The highest BCUT2D eigenvalue weighted by Crippen LogP contribution is 2.22. The summed E-state index contributed by atoms with van der Waals surface area (Å²) in [6, 6.07) is 19.5. The molecule has 0 aliphatic carbocycles. The molecule has 1 unspecified atom stereocenters. The predicted molar refractivity (Wildman–Crippen MR) is 89.4 cm³/mol. The minimum absolute atomic E-state index is 0.193. The van der Waals surface area contributed by atoms with Crippen molar-refractivity contribution in [3.63, 3.8) is 0 Å². The molecule has 0 aliphatic rings. The third-order valence-corrected chi connectivity index (χ3v) is 3.90. The van der Waals surface area contributed by atoms with Crippen LogP contribution < -0.4 is 5.73 Å². The zero-order chi connectivity index (χ0) is 14.7. The normalized spacial score (nSPS) is 12.7. The summed E-state index contributed by atoms with van der Waals surface area (Å²) in [7, 11) is 0. The van der Waals surface area contributed by atoms with Crippen LogP contribution in [-0.2, 0) is 19.4 Å². The van der Waals surface area contributed by atoms with Crippen molar-refractivity contribution in [1.82, 2.24) is 4.57 Å². The molecule has 1 heterocycles. The van der Waals surface area contributed by atoms with Gasteiger partial charge >= 0.3 is 0 Å². The lowest BCUT2D eigenvalue weighted by Gasteiger charge is -2.05. The molecule has 21 heavy (non-hydrogen) atoms. The Bertz CT molecular complexity index is 711.